The highest BCUT2D eigenvalue weighted by Crippen LogP contribution is 2.09. The highest BCUT2D eigenvalue weighted by molar-refractivity contribution is 5.94. The Morgan fingerprint density at radius 3 is 2.45 bits per heavy atom. The average molecular weight is 281 g/mol. The first kappa shape index (κ1) is 16.3. The first-order valence-corrected chi connectivity index (χ1v) is 6.91. The second-order valence-corrected chi connectivity index (χ2v) is 5.66. The molecule has 1 heterocycles. The van der Waals surface area contributed by atoms with E-state index in [-0.39, 0.29) is 17.6 Å². The van der Waals surface area contributed by atoms with Crippen molar-refractivity contribution in [2.24, 2.45) is 11.8 Å². The first-order valence-electron chi connectivity index (χ1n) is 6.91. The number of hydrogen-bond donors (Lipinski definition) is 1. The van der Waals surface area contributed by atoms with Crippen molar-refractivity contribution < 1.29 is 18.7 Å². The zero-order chi connectivity index (χ0) is 15.1. The molecule has 0 saturated carbocycles. The summed E-state index contributed by atoms with van der Waals surface area (Å²) in [5, 5.41) is 2.67. The molecule has 0 bridgehead atoms. The van der Waals surface area contributed by atoms with Crippen molar-refractivity contribution in [2.45, 2.75) is 40.2 Å². The number of ether oxygens (including phenoxy) is 1. The molecule has 112 valence electrons. The van der Waals surface area contributed by atoms with Gasteiger partial charge >= 0.3 is 5.97 Å². The zero-order valence-corrected chi connectivity index (χ0v) is 12.5. The molecule has 0 aliphatic carbocycles. The minimum atomic E-state index is -0.647. The van der Waals surface area contributed by atoms with Crippen molar-refractivity contribution in [1.29, 1.82) is 0 Å². The number of nitrogens with one attached hydrogen (secondary N) is 1. The van der Waals surface area contributed by atoms with Gasteiger partial charge in [0.25, 0.3) is 5.91 Å². The molecule has 0 saturated heterocycles. The molecule has 20 heavy (non-hydrogen) atoms. The van der Waals surface area contributed by atoms with E-state index in [0.29, 0.717) is 13.0 Å². The summed E-state index contributed by atoms with van der Waals surface area (Å²) in [6, 6.07) is 2.54. The average Bonchev–Trinajstić information content (AvgIpc) is 2.88. The van der Waals surface area contributed by atoms with E-state index in [1.54, 1.807) is 12.1 Å². The van der Waals surface area contributed by atoms with E-state index in [2.05, 4.69) is 5.32 Å². The predicted molar refractivity (Wildman–Crippen MR) is 75.2 cm³/mol. The summed E-state index contributed by atoms with van der Waals surface area (Å²) in [5.74, 6) is -0.0761. The van der Waals surface area contributed by atoms with Gasteiger partial charge in [-0.3, -0.25) is 4.79 Å². The summed E-state index contributed by atoms with van der Waals surface area (Å²) in [7, 11) is 0. The third-order valence-corrected chi connectivity index (χ3v) is 2.60. The Kier molecular flexibility index (Phi) is 6.28. The van der Waals surface area contributed by atoms with Gasteiger partial charge in [0.1, 0.15) is 6.04 Å². The molecular weight excluding hydrogens is 258 g/mol. The molecule has 5 nitrogen and oxygen atoms in total. The summed E-state index contributed by atoms with van der Waals surface area (Å²) in [6.45, 7) is 8.26. The van der Waals surface area contributed by atoms with E-state index in [4.69, 9.17) is 9.15 Å². The van der Waals surface area contributed by atoms with E-state index >= 15 is 0 Å². The van der Waals surface area contributed by atoms with Gasteiger partial charge in [0.05, 0.1) is 12.9 Å². The maximum absolute atomic E-state index is 12.0. The van der Waals surface area contributed by atoms with Crippen molar-refractivity contribution in [1.82, 2.24) is 5.32 Å². The Morgan fingerprint density at radius 2 is 1.95 bits per heavy atom. The van der Waals surface area contributed by atoms with E-state index in [1.165, 1.54) is 6.26 Å². The lowest BCUT2D eigenvalue weighted by atomic mass is 10.0. The van der Waals surface area contributed by atoms with Crippen molar-refractivity contribution in [3.8, 4) is 0 Å². The van der Waals surface area contributed by atoms with E-state index in [9.17, 15) is 9.59 Å². The number of furan rings is 1. The molecule has 1 aromatic rings. The Balaban J connectivity index is 2.64. The van der Waals surface area contributed by atoms with Crippen molar-refractivity contribution >= 4 is 11.9 Å². The molecule has 0 fully saturated rings. The monoisotopic (exact) mass is 281 g/mol. The normalized spacial score (nSPS) is 12.5. The Labute approximate surface area is 119 Å². The van der Waals surface area contributed by atoms with Crippen LogP contribution in [0.2, 0.25) is 0 Å². The number of carbonyl (C=O) groups excluding carboxylic acids is 2. The fourth-order valence-electron chi connectivity index (χ4n) is 1.67. The molecule has 0 radical (unpaired) electrons. The van der Waals surface area contributed by atoms with Crippen LogP contribution in [0, 0.1) is 11.8 Å². The van der Waals surface area contributed by atoms with Crippen LogP contribution in [-0.2, 0) is 9.53 Å². The van der Waals surface area contributed by atoms with Crippen molar-refractivity contribution in [3.05, 3.63) is 24.2 Å². The van der Waals surface area contributed by atoms with Crippen LogP contribution in [0.4, 0.5) is 0 Å². The van der Waals surface area contributed by atoms with Crippen LogP contribution in [0.25, 0.3) is 0 Å². The topological polar surface area (TPSA) is 68.5 Å². The molecule has 0 aliphatic heterocycles. The molecular formula is C15H23NO4. The smallest absolute Gasteiger partial charge is 0.328 e. The lowest BCUT2D eigenvalue weighted by Gasteiger charge is -2.19. The number of esters is 1. The van der Waals surface area contributed by atoms with E-state index in [1.807, 2.05) is 27.7 Å². The van der Waals surface area contributed by atoms with Gasteiger partial charge in [-0.15, -0.1) is 0 Å². The second-order valence-electron chi connectivity index (χ2n) is 5.66. The molecule has 1 aromatic heterocycles. The van der Waals surface area contributed by atoms with Gasteiger partial charge in [-0.1, -0.05) is 27.7 Å². The minimum Gasteiger partial charge on any atom is -0.464 e. The van der Waals surface area contributed by atoms with Gasteiger partial charge in [0.15, 0.2) is 5.76 Å². The summed E-state index contributed by atoms with van der Waals surface area (Å²) in [6.07, 6.45) is 1.95. The summed E-state index contributed by atoms with van der Waals surface area (Å²) in [5.41, 5.74) is 0. The molecule has 1 amide bonds. The molecule has 1 N–H and O–H groups in total. The quantitative estimate of drug-likeness (QED) is 0.780. The van der Waals surface area contributed by atoms with Gasteiger partial charge in [0, 0.05) is 0 Å². The van der Waals surface area contributed by atoms with Crippen LogP contribution in [0.15, 0.2) is 22.8 Å². The van der Waals surface area contributed by atoms with Gasteiger partial charge < -0.3 is 14.5 Å². The van der Waals surface area contributed by atoms with Gasteiger partial charge in [0.2, 0.25) is 0 Å². The Hall–Kier alpha value is -1.78. The number of amides is 1. The SMILES string of the molecule is CC(C)COC(=O)C(CC(C)C)NC(=O)c1ccco1. The Bertz CT molecular complexity index is 423. The van der Waals surface area contributed by atoms with E-state index in [0.717, 1.165) is 0 Å². The second kappa shape index (κ2) is 7.72. The largest absolute Gasteiger partial charge is 0.464 e. The summed E-state index contributed by atoms with van der Waals surface area (Å²) >= 11 is 0. The Morgan fingerprint density at radius 1 is 1.25 bits per heavy atom. The van der Waals surface area contributed by atoms with E-state index < -0.39 is 17.9 Å². The first-order chi connectivity index (χ1) is 9.40. The van der Waals surface area contributed by atoms with Gasteiger partial charge in [-0.2, -0.15) is 0 Å². The highest BCUT2D eigenvalue weighted by Gasteiger charge is 2.25. The van der Waals surface area contributed by atoms with Gasteiger partial charge in [-0.05, 0) is 30.4 Å². The molecule has 1 atom stereocenters. The van der Waals surface area contributed by atoms with Gasteiger partial charge in [-0.25, -0.2) is 4.79 Å². The third kappa shape index (κ3) is 5.47. The van der Waals surface area contributed by atoms with Crippen LogP contribution < -0.4 is 5.32 Å². The van der Waals surface area contributed by atoms with Crippen LogP contribution in [0.5, 0.6) is 0 Å². The number of hydrogen-bond acceptors (Lipinski definition) is 4. The molecule has 1 unspecified atom stereocenters. The molecule has 0 spiro atoms. The van der Waals surface area contributed by atoms with Crippen LogP contribution in [0.3, 0.4) is 0 Å². The maximum atomic E-state index is 12.0. The molecule has 1 rings (SSSR count). The fourth-order valence-corrected chi connectivity index (χ4v) is 1.67. The molecule has 5 heteroatoms. The van der Waals surface area contributed by atoms with Crippen molar-refractivity contribution in [3.63, 3.8) is 0 Å². The highest BCUT2D eigenvalue weighted by atomic mass is 16.5. The zero-order valence-electron chi connectivity index (χ0n) is 12.5. The number of rotatable bonds is 7. The maximum Gasteiger partial charge on any atom is 0.328 e. The standard InChI is InChI=1S/C15H23NO4/c1-10(2)8-12(15(18)20-9-11(3)4)16-14(17)13-6-5-7-19-13/h5-7,10-12H,8-9H2,1-4H3,(H,16,17). The van der Waals surface area contributed by atoms with Crippen LogP contribution in [0.1, 0.15) is 44.7 Å². The summed E-state index contributed by atoms with van der Waals surface area (Å²) in [4.78, 5) is 23.9. The molecule has 0 aromatic carbocycles. The predicted octanol–water partition coefficient (Wildman–Crippen LogP) is 2.62. The number of carbonyl (C=O) groups is 2. The lowest BCUT2D eigenvalue weighted by Crippen LogP contribution is -2.43. The van der Waals surface area contributed by atoms with Crippen molar-refractivity contribution in [2.75, 3.05) is 6.61 Å². The van der Waals surface area contributed by atoms with Crippen LogP contribution in [-0.4, -0.2) is 24.5 Å². The third-order valence-electron chi connectivity index (χ3n) is 2.60. The molecule has 0 aliphatic rings. The van der Waals surface area contributed by atoms with Crippen LogP contribution >= 0.6 is 0 Å². The summed E-state index contributed by atoms with van der Waals surface area (Å²) < 4.78 is 10.2. The fraction of sp³-hybridized carbons (Fsp3) is 0.600. The lowest BCUT2D eigenvalue weighted by molar-refractivity contribution is -0.147. The minimum absolute atomic E-state index is 0.190.